The molecular formula is C14H30Cl2N4. The fourth-order valence-corrected chi connectivity index (χ4v) is 2.15. The van der Waals surface area contributed by atoms with Crippen LogP contribution in [0, 0.1) is 6.92 Å². The Morgan fingerprint density at radius 1 is 1.25 bits per heavy atom. The minimum atomic E-state index is 0. The summed E-state index contributed by atoms with van der Waals surface area (Å²) in [6.07, 6.45) is 1.99. The molecule has 1 aromatic rings. The van der Waals surface area contributed by atoms with E-state index in [1.807, 2.05) is 6.20 Å². The molecule has 120 valence electrons. The van der Waals surface area contributed by atoms with Crippen molar-refractivity contribution < 1.29 is 0 Å². The minimum Gasteiger partial charge on any atom is -0.311 e. The van der Waals surface area contributed by atoms with Gasteiger partial charge in [0, 0.05) is 36.9 Å². The first-order chi connectivity index (χ1) is 8.60. The van der Waals surface area contributed by atoms with Gasteiger partial charge in [0.15, 0.2) is 0 Å². The van der Waals surface area contributed by atoms with Gasteiger partial charge in [-0.2, -0.15) is 5.10 Å². The van der Waals surface area contributed by atoms with E-state index in [-0.39, 0.29) is 24.8 Å². The Morgan fingerprint density at radius 3 is 2.30 bits per heavy atom. The van der Waals surface area contributed by atoms with Gasteiger partial charge in [-0.1, -0.05) is 13.8 Å². The topological polar surface area (TPSA) is 33.1 Å². The van der Waals surface area contributed by atoms with Crippen LogP contribution in [0.4, 0.5) is 0 Å². The molecule has 0 radical (unpaired) electrons. The Labute approximate surface area is 136 Å². The summed E-state index contributed by atoms with van der Waals surface area (Å²) in [7, 11) is 0. The van der Waals surface area contributed by atoms with Crippen LogP contribution in [0.5, 0.6) is 0 Å². The minimum absolute atomic E-state index is 0. The van der Waals surface area contributed by atoms with Crippen LogP contribution in [0.3, 0.4) is 0 Å². The molecule has 0 amide bonds. The van der Waals surface area contributed by atoms with Gasteiger partial charge in [0.05, 0.1) is 6.20 Å². The van der Waals surface area contributed by atoms with Crippen molar-refractivity contribution in [3.63, 3.8) is 0 Å². The van der Waals surface area contributed by atoms with Crippen molar-refractivity contribution in [3.8, 4) is 0 Å². The normalized spacial score (nSPS) is 10.6. The molecule has 0 aliphatic carbocycles. The molecule has 1 aromatic heterocycles. The summed E-state index contributed by atoms with van der Waals surface area (Å²) in [5, 5.41) is 7.93. The van der Waals surface area contributed by atoms with Crippen molar-refractivity contribution in [2.45, 2.75) is 47.2 Å². The van der Waals surface area contributed by atoms with E-state index in [1.54, 1.807) is 0 Å². The van der Waals surface area contributed by atoms with Crippen molar-refractivity contribution in [1.82, 2.24) is 20.0 Å². The lowest BCUT2D eigenvalue weighted by molar-refractivity contribution is 0.302. The van der Waals surface area contributed by atoms with E-state index < -0.39 is 0 Å². The Kier molecular flexibility index (Phi) is 12.5. The molecule has 0 aliphatic heterocycles. The summed E-state index contributed by atoms with van der Waals surface area (Å²) >= 11 is 0. The molecular weight excluding hydrogens is 295 g/mol. The maximum atomic E-state index is 4.43. The standard InChI is InChI=1S/C14H28N4.2ClH/c1-6-17(7-2)9-8-15-10-14-11-16-18(12(3)4)13(14)5;;/h11-12,15H,6-10H2,1-5H3;2*1H. The SMILES string of the molecule is CCN(CC)CCNCc1cnn(C(C)C)c1C.Cl.Cl. The molecule has 6 heteroatoms. The van der Waals surface area contributed by atoms with Crippen LogP contribution < -0.4 is 5.32 Å². The lowest BCUT2D eigenvalue weighted by Gasteiger charge is -2.18. The molecule has 0 bridgehead atoms. The fraction of sp³-hybridized carbons (Fsp3) is 0.786. The number of hydrogen-bond acceptors (Lipinski definition) is 3. The number of rotatable bonds is 8. The van der Waals surface area contributed by atoms with Gasteiger partial charge in [0.1, 0.15) is 0 Å². The van der Waals surface area contributed by atoms with Crippen LogP contribution in [0.15, 0.2) is 6.20 Å². The van der Waals surface area contributed by atoms with E-state index in [2.05, 4.69) is 54.6 Å². The number of nitrogens with one attached hydrogen (secondary N) is 1. The maximum absolute atomic E-state index is 4.43. The van der Waals surface area contributed by atoms with Crippen molar-refractivity contribution in [1.29, 1.82) is 0 Å². The average molecular weight is 325 g/mol. The van der Waals surface area contributed by atoms with Crippen molar-refractivity contribution in [2.75, 3.05) is 26.2 Å². The number of halogens is 2. The first-order valence-corrected chi connectivity index (χ1v) is 7.06. The molecule has 0 saturated heterocycles. The molecule has 0 aromatic carbocycles. The molecule has 1 N–H and O–H groups in total. The molecule has 0 aliphatic rings. The Bertz CT molecular complexity index is 349. The zero-order valence-electron chi connectivity index (χ0n) is 13.3. The second-order valence-electron chi connectivity index (χ2n) is 5.00. The third kappa shape index (κ3) is 6.44. The summed E-state index contributed by atoms with van der Waals surface area (Å²) in [4.78, 5) is 2.43. The van der Waals surface area contributed by atoms with Gasteiger partial charge in [-0.3, -0.25) is 4.68 Å². The van der Waals surface area contributed by atoms with Crippen LogP contribution >= 0.6 is 24.8 Å². The van der Waals surface area contributed by atoms with Crippen molar-refractivity contribution in [2.24, 2.45) is 0 Å². The van der Waals surface area contributed by atoms with Gasteiger partial charge in [-0.15, -0.1) is 24.8 Å². The second kappa shape index (κ2) is 11.4. The lowest BCUT2D eigenvalue weighted by Crippen LogP contribution is -2.31. The molecule has 1 heterocycles. The number of hydrogen-bond donors (Lipinski definition) is 1. The lowest BCUT2D eigenvalue weighted by atomic mass is 10.2. The second-order valence-corrected chi connectivity index (χ2v) is 5.00. The summed E-state index contributed by atoms with van der Waals surface area (Å²) in [5.74, 6) is 0. The van der Waals surface area contributed by atoms with E-state index in [0.717, 1.165) is 32.7 Å². The third-order valence-corrected chi connectivity index (χ3v) is 3.45. The smallest absolute Gasteiger partial charge is 0.0537 e. The largest absolute Gasteiger partial charge is 0.311 e. The van der Waals surface area contributed by atoms with E-state index in [4.69, 9.17) is 0 Å². The third-order valence-electron chi connectivity index (χ3n) is 3.45. The van der Waals surface area contributed by atoms with Crippen LogP contribution in [-0.4, -0.2) is 40.9 Å². The monoisotopic (exact) mass is 324 g/mol. The molecule has 20 heavy (non-hydrogen) atoms. The van der Waals surface area contributed by atoms with Gasteiger partial charge in [0.2, 0.25) is 0 Å². The number of nitrogens with zero attached hydrogens (tertiary/aromatic N) is 3. The predicted molar refractivity (Wildman–Crippen MR) is 91.3 cm³/mol. The zero-order valence-corrected chi connectivity index (χ0v) is 15.0. The maximum Gasteiger partial charge on any atom is 0.0537 e. The highest BCUT2D eigenvalue weighted by Crippen LogP contribution is 2.12. The quantitative estimate of drug-likeness (QED) is 0.746. The predicted octanol–water partition coefficient (Wildman–Crippen LogP) is 3.05. The highest BCUT2D eigenvalue weighted by molar-refractivity contribution is 5.85. The summed E-state index contributed by atoms with van der Waals surface area (Å²) in [6, 6.07) is 0.439. The molecule has 0 saturated carbocycles. The Morgan fingerprint density at radius 2 is 1.85 bits per heavy atom. The van der Waals surface area contributed by atoms with Crippen LogP contribution in [0.2, 0.25) is 0 Å². The molecule has 0 atom stereocenters. The van der Waals surface area contributed by atoms with Crippen molar-refractivity contribution in [3.05, 3.63) is 17.5 Å². The fourth-order valence-electron chi connectivity index (χ4n) is 2.15. The Hall–Kier alpha value is -0.290. The number of aromatic nitrogens is 2. The first kappa shape index (κ1) is 22.0. The summed E-state index contributed by atoms with van der Waals surface area (Å²) in [6.45, 7) is 16.2. The van der Waals surface area contributed by atoms with E-state index in [0.29, 0.717) is 6.04 Å². The van der Waals surface area contributed by atoms with Gasteiger partial charge < -0.3 is 10.2 Å². The van der Waals surface area contributed by atoms with Gasteiger partial charge in [-0.05, 0) is 33.9 Å². The van der Waals surface area contributed by atoms with Gasteiger partial charge in [-0.25, -0.2) is 0 Å². The van der Waals surface area contributed by atoms with Crippen LogP contribution in [0.1, 0.15) is 45.0 Å². The van der Waals surface area contributed by atoms with Crippen LogP contribution in [-0.2, 0) is 6.54 Å². The zero-order chi connectivity index (χ0) is 13.5. The van der Waals surface area contributed by atoms with Crippen molar-refractivity contribution >= 4 is 24.8 Å². The van der Waals surface area contributed by atoms with E-state index >= 15 is 0 Å². The summed E-state index contributed by atoms with van der Waals surface area (Å²) in [5.41, 5.74) is 2.59. The average Bonchev–Trinajstić information content (AvgIpc) is 2.71. The Balaban J connectivity index is 0. The van der Waals surface area contributed by atoms with E-state index in [1.165, 1.54) is 11.3 Å². The van der Waals surface area contributed by atoms with Gasteiger partial charge in [0.25, 0.3) is 0 Å². The highest BCUT2D eigenvalue weighted by Gasteiger charge is 2.08. The highest BCUT2D eigenvalue weighted by atomic mass is 35.5. The molecule has 0 fully saturated rings. The molecule has 0 spiro atoms. The molecule has 0 unspecified atom stereocenters. The van der Waals surface area contributed by atoms with E-state index in [9.17, 15) is 0 Å². The first-order valence-electron chi connectivity index (χ1n) is 7.06. The summed E-state index contributed by atoms with van der Waals surface area (Å²) < 4.78 is 2.08. The van der Waals surface area contributed by atoms with Crippen LogP contribution in [0.25, 0.3) is 0 Å². The molecule has 1 rings (SSSR count). The number of likely N-dealkylation sites (N-methyl/N-ethyl adjacent to an activating group) is 1. The van der Waals surface area contributed by atoms with Gasteiger partial charge >= 0.3 is 0 Å². The molecule has 4 nitrogen and oxygen atoms in total.